The number of benzene rings is 15. The Balaban J connectivity index is 0.000000122. The zero-order valence-electron chi connectivity index (χ0n) is 54.0. The molecular formula is C90H69Br2N3. The van der Waals surface area contributed by atoms with E-state index >= 15 is 0 Å². The Hall–Kier alpha value is -10.6. The van der Waals surface area contributed by atoms with Gasteiger partial charge in [0.2, 0.25) is 0 Å². The van der Waals surface area contributed by atoms with Crippen molar-refractivity contribution in [3.63, 3.8) is 0 Å². The van der Waals surface area contributed by atoms with Crippen LogP contribution in [0.4, 0.5) is 45.5 Å². The summed E-state index contributed by atoms with van der Waals surface area (Å²) in [6.07, 6.45) is 0. The third-order valence-electron chi connectivity index (χ3n) is 18.6. The molecule has 3 nitrogen and oxygen atoms in total. The number of anilines is 8. The van der Waals surface area contributed by atoms with Crippen LogP contribution in [0, 0.1) is 41.5 Å². The molecule has 0 heterocycles. The van der Waals surface area contributed by atoms with E-state index in [-0.39, 0.29) is 0 Å². The monoisotopic (exact) mass is 1350 g/mol. The molecule has 0 saturated carbocycles. The van der Waals surface area contributed by atoms with Gasteiger partial charge in [0.25, 0.3) is 0 Å². The van der Waals surface area contributed by atoms with Crippen LogP contribution in [0.5, 0.6) is 0 Å². The first-order valence-electron chi connectivity index (χ1n) is 32.5. The molecule has 0 unspecified atom stereocenters. The maximum absolute atomic E-state index is 3.64. The Morgan fingerprint density at radius 3 is 1.06 bits per heavy atom. The van der Waals surface area contributed by atoms with Crippen LogP contribution < -0.4 is 15.1 Å². The van der Waals surface area contributed by atoms with Gasteiger partial charge in [0.1, 0.15) is 0 Å². The Labute approximate surface area is 574 Å². The maximum atomic E-state index is 3.64. The quantitative estimate of drug-likeness (QED) is 0.164. The predicted octanol–water partition coefficient (Wildman–Crippen LogP) is 27.2. The highest BCUT2D eigenvalue weighted by molar-refractivity contribution is 9.11. The molecule has 0 radical (unpaired) electrons. The van der Waals surface area contributed by atoms with Gasteiger partial charge in [-0.3, -0.25) is 0 Å². The van der Waals surface area contributed by atoms with E-state index in [1.165, 1.54) is 138 Å². The summed E-state index contributed by atoms with van der Waals surface area (Å²) in [4.78, 5) is 4.76. The fourth-order valence-electron chi connectivity index (χ4n) is 13.8. The zero-order valence-corrected chi connectivity index (χ0v) is 57.2. The summed E-state index contributed by atoms with van der Waals surface area (Å²) in [7, 11) is 0. The van der Waals surface area contributed by atoms with E-state index in [0.29, 0.717) is 0 Å². The molecule has 0 spiro atoms. The van der Waals surface area contributed by atoms with Crippen molar-refractivity contribution in [2.45, 2.75) is 41.5 Å². The number of hydrogen-bond donors (Lipinski definition) is 1. The Morgan fingerprint density at radius 2 is 0.579 bits per heavy atom. The standard InChI is InChI=1S/C44H36N2.C16H8Br2.C16H10.C14H15N/c1-29-8-16-33(17-9-29)45(34-18-10-30(2)11-19-34)37-24-25-38-40-26-27-43(41-7-5-6-39(44(40)41)42(38)28-37)46(35-20-12-31(3)13-21-35)36-22-14-32(4)15-23-36;17-9-4-5-10-12-6-7-15(18)13-3-1-2-11(16(12)13)14(10)8-9;1-2-8-13-12(7-1)14-9-3-5-11-6-4-10-15(13)16(11)14;1-11-3-7-13(8-4-11)15-14-9-5-12(2)6-10-14/h5-28H,1-4H3;1-8H;1-10H;3-10,15H,1-2H3. The Kier molecular flexibility index (Phi) is 16.4. The summed E-state index contributed by atoms with van der Waals surface area (Å²) in [5.74, 6) is 0. The van der Waals surface area contributed by atoms with Gasteiger partial charge in [-0.05, 0) is 244 Å². The molecule has 3 aliphatic rings. The molecule has 1 N–H and O–H groups in total. The smallest absolute Gasteiger partial charge is 0.0540 e. The lowest BCUT2D eigenvalue weighted by Gasteiger charge is -2.27. The third-order valence-corrected chi connectivity index (χ3v) is 19.8. The summed E-state index contributed by atoms with van der Waals surface area (Å²) in [6.45, 7) is 12.7. The minimum Gasteiger partial charge on any atom is -0.356 e. The topological polar surface area (TPSA) is 18.5 Å². The molecule has 18 rings (SSSR count). The zero-order chi connectivity index (χ0) is 64.8. The Bertz CT molecular complexity index is 5190. The van der Waals surface area contributed by atoms with Crippen LogP contribution in [-0.4, -0.2) is 0 Å². The molecule has 0 aromatic heterocycles. The average Bonchev–Trinajstić information content (AvgIpc) is 1.60. The first-order chi connectivity index (χ1) is 46.4. The fraction of sp³-hybridized carbons (Fsp3) is 0.0667. The first-order valence-corrected chi connectivity index (χ1v) is 34.1. The molecule has 0 atom stereocenters. The van der Waals surface area contributed by atoms with Gasteiger partial charge in [-0.25, -0.2) is 0 Å². The third kappa shape index (κ3) is 11.8. The number of rotatable bonds is 8. The lowest BCUT2D eigenvalue weighted by Crippen LogP contribution is -2.10. The van der Waals surface area contributed by atoms with Crippen molar-refractivity contribution in [2.24, 2.45) is 0 Å². The second-order valence-electron chi connectivity index (χ2n) is 25.2. The van der Waals surface area contributed by atoms with E-state index in [1.54, 1.807) is 0 Å². The molecule has 95 heavy (non-hydrogen) atoms. The molecule has 3 aliphatic carbocycles. The highest BCUT2D eigenvalue weighted by Gasteiger charge is 2.28. The van der Waals surface area contributed by atoms with Crippen molar-refractivity contribution < 1.29 is 0 Å². The van der Waals surface area contributed by atoms with Gasteiger partial charge in [0.05, 0.1) is 5.69 Å². The van der Waals surface area contributed by atoms with Crippen molar-refractivity contribution >= 4 is 110 Å². The highest BCUT2D eigenvalue weighted by atomic mass is 79.9. The minimum absolute atomic E-state index is 1.13. The van der Waals surface area contributed by atoms with Crippen LogP contribution in [0.25, 0.3) is 99.1 Å². The van der Waals surface area contributed by atoms with Crippen molar-refractivity contribution in [1.29, 1.82) is 0 Å². The van der Waals surface area contributed by atoms with E-state index in [4.69, 9.17) is 0 Å². The number of halogens is 2. The first kappa shape index (κ1) is 60.7. The van der Waals surface area contributed by atoms with Crippen molar-refractivity contribution in [3.8, 4) is 66.8 Å². The molecule has 5 heteroatoms. The largest absolute Gasteiger partial charge is 0.356 e. The Morgan fingerprint density at radius 1 is 0.242 bits per heavy atom. The van der Waals surface area contributed by atoms with Gasteiger partial charge < -0.3 is 15.1 Å². The van der Waals surface area contributed by atoms with Crippen molar-refractivity contribution in [1.82, 2.24) is 0 Å². The SMILES string of the molecule is Brc1ccc2c(c1)-c1cccc3c(Br)ccc-2c13.Cc1ccc(N(c2ccc(C)cc2)c2ccc3c(c2)-c2cccc4c(N(c5ccc(C)cc5)c5ccc(C)cc5)ccc-3c24)cc1.Cc1ccc(Nc2ccc(C)cc2)cc1.c1ccc2c(c1)-c1cccc3cccc-2c13. The molecule has 15 aromatic rings. The lowest BCUT2D eigenvalue weighted by molar-refractivity contribution is 1.27. The summed E-state index contributed by atoms with van der Waals surface area (Å²) < 4.78 is 2.29. The molecular weight excluding hydrogens is 1280 g/mol. The van der Waals surface area contributed by atoms with E-state index in [9.17, 15) is 0 Å². The lowest BCUT2D eigenvalue weighted by atomic mass is 10.00. The van der Waals surface area contributed by atoms with Gasteiger partial charge in [0.15, 0.2) is 0 Å². The van der Waals surface area contributed by atoms with Gasteiger partial charge in [-0.1, -0.05) is 259 Å². The normalized spacial score (nSPS) is 11.4. The van der Waals surface area contributed by atoms with Crippen LogP contribution in [0.2, 0.25) is 0 Å². The summed E-state index contributed by atoms with van der Waals surface area (Å²) in [6, 6.07) is 110. The molecule has 0 saturated heterocycles. The number of hydrogen-bond acceptors (Lipinski definition) is 3. The average molecular weight is 1350 g/mol. The van der Waals surface area contributed by atoms with E-state index in [0.717, 1.165) is 48.8 Å². The van der Waals surface area contributed by atoms with E-state index < -0.39 is 0 Å². The second kappa shape index (κ2) is 25.7. The van der Waals surface area contributed by atoms with Gasteiger partial charge in [-0.2, -0.15) is 0 Å². The van der Waals surface area contributed by atoms with Crippen LogP contribution in [0.15, 0.2) is 312 Å². The van der Waals surface area contributed by atoms with Crippen LogP contribution in [0.3, 0.4) is 0 Å². The number of nitrogens with one attached hydrogen (secondary N) is 1. The predicted molar refractivity (Wildman–Crippen MR) is 414 cm³/mol. The van der Waals surface area contributed by atoms with Crippen LogP contribution in [0.1, 0.15) is 33.4 Å². The van der Waals surface area contributed by atoms with Gasteiger partial charge in [-0.15, -0.1) is 0 Å². The molecule has 458 valence electrons. The van der Waals surface area contributed by atoms with Crippen LogP contribution in [-0.2, 0) is 0 Å². The summed E-state index contributed by atoms with van der Waals surface area (Å²) in [5.41, 5.74) is 32.7. The molecule has 0 bridgehead atoms. The highest BCUT2D eigenvalue weighted by Crippen LogP contribution is 2.54. The molecule has 0 fully saturated rings. The summed E-state index contributed by atoms with van der Waals surface area (Å²) in [5, 5.41) is 11.3. The second-order valence-corrected chi connectivity index (χ2v) is 27.0. The minimum atomic E-state index is 1.13. The van der Waals surface area contributed by atoms with E-state index in [1.807, 2.05) is 0 Å². The summed E-state index contributed by atoms with van der Waals surface area (Å²) >= 11 is 7.21. The number of aryl methyl sites for hydroxylation is 6. The molecule has 15 aromatic carbocycles. The fourth-order valence-corrected chi connectivity index (χ4v) is 14.6. The maximum Gasteiger partial charge on any atom is 0.0540 e. The van der Waals surface area contributed by atoms with E-state index in [2.05, 4.69) is 392 Å². The number of nitrogens with zero attached hydrogens (tertiary/aromatic N) is 2. The van der Waals surface area contributed by atoms with Crippen molar-refractivity contribution in [3.05, 3.63) is 346 Å². The van der Waals surface area contributed by atoms with Crippen molar-refractivity contribution in [2.75, 3.05) is 15.1 Å². The molecule has 0 aliphatic heterocycles. The number of fused-ring (bicyclic) bond motifs is 9. The molecule has 0 amide bonds. The van der Waals surface area contributed by atoms with Gasteiger partial charge in [0, 0.05) is 54.1 Å². The van der Waals surface area contributed by atoms with Crippen LogP contribution >= 0.6 is 31.9 Å². The van der Waals surface area contributed by atoms with Gasteiger partial charge >= 0.3 is 0 Å².